The van der Waals surface area contributed by atoms with E-state index in [1.807, 2.05) is 25.1 Å². The largest absolute Gasteiger partial charge is 0.478 e. The van der Waals surface area contributed by atoms with Crippen molar-refractivity contribution in [2.45, 2.75) is 26.4 Å². The van der Waals surface area contributed by atoms with Gasteiger partial charge >= 0.3 is 5.97 Å². The van der Waals surface area contributed by atoms with Crippen molar-refractivity contribution < 1.29 is 32.9 Å². The van der Waals surface area contributed by atoms with Gasteiger partial charge < -0.3 is 28.1 Å². The van der Waals surface area contributed by atoms with Crippen molar-refractivity contribution in [1.29, 1.82) is 0 Å². The third-order valence-corrected chi connectivity index (χ3v) is 6.35. The zero-order chi connectivity index (χ0) is 26.1. The Morgan fingerprint density at radius 1 is 0.974 bits per heavy atom. The molecule has 3 heterocycles. The first-order valence-corrected chi connectivity index (χ1v) is 12.3. The fourth-order valence-electron chi connectivity index (χ4n) is 4.47. The summed E-state index contributed by atoms with van der Waals surface area (Å²) >= 11 is 0. The quantitative estimate of drug-likeness (QED) is 0.306. The normalized spacial score (nSPS) is 14.1. The van der Waals surface area contributed by atoms with Crippen LogP contribution in [0.4, 0.5) is 0 Å². The van der Waals surface area contributed by atoms with Gasteiger partial charge in [-0.25, -0.2) is 4.79 Å². The molecule has 0 N–H and O–H groups in total. The van der Waals surface area contributed by atoms with Crippen molar-refractivity contribution in [2.24, 2.45) is 0 Å². The van der Waals surface area contributed by atoms with E-state index >= 15 is 0 Å². The lowest BCUT2D eigenvalue weighted by Gasteiger charge is -2.29. The van der Waals surface area contributed by atoms with Gasteiger partial charge in [-0.2, -0.15) is 0 Å². The summed E-state index contributed by atoms with van der Waals surface area (Å²) in [4.78, 5) is 27.4. The van der Waals surface area contributed by atoms with Crippen LogP contribution < -0.4 is 24.4 Å². The maximum absolute atomic E-state index is 13.3. The van der Waals surface area contributed by atoms with E-state index < -0.39 is 5.97 Å². The maximum Gasteiger partial charge on any atom is 0.338 e. The molecule has 0 radical (unpaired) electrons. The molecule has 0 fully saturated rings. The van der Waals surface area contributed by atoms with Crippen molar-refractivity contribution in [3.8, 4) is 28.7 Å². The number of hydrogen-bond acceptors (Lipinski definition) is 9. The third kappa shape index (κ3) is 4.64. The highest BCUT2D eigenvalue weighted by Crippen LogP contribution is 2.35. The Balaban J connectivity index is 1.21. The summed E-state index contributed by atoms with van der Waals surface area (Å²) in [6.45, 7) is 4.09. The summed E-state index contributed by atoms with van der Waals surface area (Å²) in [6.07, 6.45) is 2.06. The van der Waals surface area contributed by atoms with Crippen LogP contribution in [-0.2, 0) is 17.8 Å². The summed E-state index contributed by atoms with van der Waals surface area (Å²) in [5.74, 6) is 2.21. The van der Waals surface area contributed by atoms with Gasteiger partial charge in [-0.05, 0) is 60.5 Å². The number of fused-ring (bicyclic) bond motifs is 4. The van der Waals surface area contributed by atoms with E-state index in [0.29, 0.717) is 54.5 Å². The minimum Gasteiger partial charge on any atom is -0.478 e. The second-order valence-corrected chi connectivity index (χ2v) is 9.06. The molecule has 2 aliphatic heterocycles. The molecule has 9 heteroatoms. The van der Waals surface area contributed by atoms with Crippen molar-refractivity contribution in [1.82, 2.24) is 4.90 Å². The van der Waals surface area contributed by atoms with Gasteiger partial charge in [0.15, 0.2) is 11.5 Å². The molecule has 194 valence electrons. The van der Waals surface area contributed by atoms with E-state index in [0.717, 1.165) is 29.0 Å². The first-order valence-electron chi connectivity index (χ1n) is 12.3. The van der Waals surface area contributed by atoms with E-state index in [2.05, 4.69) is 4.90 Å². The Bertz CT molecular complexity index is 1560. The van der Waals surface area contributed by atoms with Crippen LogP contribution in [0.5, 0.6) is 28.7 Å². The molecule has 0 unspecified atom stereocenters. The van der Waals surface area contributed by atoms with Gasteiger partial charge in [0.05, 0.1) is 23.1 Å². The molecule has 3 aromatic carbocycles. The number of nitrogens with zero attached hydrogens (tertiary/aromatic N) is 1. The van der Waals surface area contributed by atoms with Gasteiger partial charge in [0.25, 0.3) is 0 Å². The molecule has 2 aliphatic rings. The highest BCUT2D eigenvalue weighted by molar-refractivity contribution is 5.89. The molecule has 0 amide bonds. The highest BCUT2D eigenvalue weighted by Gasteiger charge is 2.24. The molecule has 0 spiro atoms. The van der Waals surface area contributed by atoms with Crippen LogP contribution in [0.25, 0.3) is 11.0 Å². The summed E-state index contributed by atoms with van der Waals surface area (Å²) in [5.41, 5.74) is 2.43. The van der Waals surface area contributed by atoms with E-state index in [1.165, 1.54) is 6.26 Å². The second-order valence-electron chi connectivity index (χ2n) is 9.06. The number of esters is 1. The molecule has 9 nitrogen and oxygen atoms in total. The van der Waals surface area contributed by atoms with Crippen LogP contribution in [0.15, 0.2) is 70.1 Å². The monoisotopic (exact) mass is 515 g/mol. The summed E-state index contributed by atoms with van der Waals surface area (Å²) in [6, 6.07) is 15.7. The molecular weight excluding hydrogens is 490 g/mol. The van der Waals surface area contributed by atoms with Gasteiger partial charge in [0.2, 0.25) is 18.0 Å². The average molecular weight is 516 g/mol. The number of carbonyl (C=O) groups is 1. The molecule has 0 atom stereocenters. The number of benzene rings is 3. The number of hydrogen-bond donors (Lipinski definition) is 0. The zero-order valence-electron chi connectivity index (χ0n) is 20.7. The maximum atomic E-state index is 13.3. The van der Waals surface area contributed by atoms with Crippen LogP contribution in [0, 0.1) is 0 Å². The van der Waals surface area contributed by atoms with Gasteiger partial charge in [0.1, 0.15) is 30.1 Å². The minimum absolute atomic E-state index is 0.0488. The molecule has 0 aliphatic carbocycles. The predicted octanol–water partition coefficient (Wildman–Crippen LogP) is 5.23. The summed E-state index contributed by atoms with van der Waals surface area (Å²) in [5, 5.41) is 0.398. The Morgan fingerprint density at radius 2 is 1.79 bits per heavy atom. The predicted molar refractivity (Wildman–Crippen MR) is 137 cm³/mol. The van der Waals surface area contributed by atoms with Crippen LogP contribution in [-0.4, -0.2) is 31.0 Å². The Kier molecular flexibility index (Phi) is 6.35. The molecule has 38 heavy (non-hydrogen) atoms. The number of ether oxygens (including phenoxy) is 5. The lowest BCUT2D eigenvalue weighted by Crippen LogP contribution is -2.31. The Labute approximate surface area is 218 Å². The van der Waals surface area contributed by atoms with E-state index in [9.17, 15) is 9.59 Å². The summed E-state index contributed by atoms with van der Waals surface area (Å²) in [7, 11) is 0. The zero-order valence-corrected chi connectivity index (χ0v) is 20.7. The highest BCUT2D eigenvalue weighted by atomic mass is 16.7. The van der Waals surface area contributed by atoms with Crippen molar-refractivity contribution in [2.75, 3.05) is 20.1 Å². The molecule has 6 rings (SSSR count). The van der Waals surface area contributed by atoms with E-state index in [1.54, 1.807) is 36.4 Å². The smallest absolute Gasteiger partial charge is 0.338 e. The third-order valence-electron chi connectivity index (χ3n) is 6.35. The van der Waals surface area contributed by atoms with Crippen molar-refractivity contribution >= 4 is 16.9 Å². The SMILES string of the molecule is CCCOC(=O)c1ccc(Oc2coc3c4c(ccc3c2=O)OCN(Cc2ccc3c(c2)OCO3)C4)cc1. The average Bonchev–Trinajstić information content (AvgIpc) is 3.41. The molecular formula is C29H25NO8. The van der Waals surface area contributed by atoms with Gasteiger partial charge in [-0.15, -0.1) is 0 Å². The van der Waals surface area contributed by atoms with Crippen LogP contribution in [0.1, 0.15) is 34.8 Å². The van der Waals surface area contributed by atoms with Gasteiger partial charge in [-0.1, -0.05) is 13.0 Å². The fourth-order valence-corrected chi connectivity index (χ4v) is 4.47. The molecule has 4 aromatic rings. The molecule has 0 saturated heterocycles. The molecule has 1 aromatic heterocycles. The van der Waals surface area contributed by atoms with E-state index in [-0.39, 0.29) is 18.0 Å². The Hall–Kier alpha value is -4.50. The van der Waals surface area contributed by atoms with Gasteiger partial charge in [0, 0.05) is 13.1 Å². The minimum atomic E-state index is -0.400. The van der Waals surface area contributed by atoms with E-state index in [4.69, 9.17) is 28.1 Å². The van der Waals surface area contributed by atoms with Crippen LogP contribution in [0.2, 0.25) is 0 Å². The standard InChI is InChI=1S/C29H25NO8/c1-2-11-33-29(32)19-4-6-20(7-5-19)38-26-15-34-28-21(27(26)31)8-10-23-22(28)14-30(16-35-23)13-18-3-9-24-25(12-18)37-17-36-24/h3-10,12,15H,2,11,13-14,16-17H2,1H3. The van der Waals surface area contributed by atoms with Crippen LogP contribution in [0.3, 0.4) is 0 Å². The lowest BCUT2D eigenvalue weighted by atomic mass is 10.1. The van der Waals surface area contributed by atoms with Crippen molar-refractivity contribution in [3.05, 3.63) is 87.8 Å². The number of rotatable bonds is 7. The van der Waals surface area contributed by atoms with Gasteiger partial charge in [-0.3, -0.25) is 9.69 Å². The summed E-state index contributed by atoms with van der Waals surface area (Å²) < 4.78 is 33.7. The van der Waals surface area contributed by atoms with Crippen molar-refractivity contribution in [3.63, 3.8) is 0 Å². The Morgan fingerprint density at radius 3 is 2.63 bits per heavy atom. The second kappa shape index (κ2) is 10.1. The fraction of sp³-hybridized carbons (Fsp3) is 0.241. The number of carbonyl (C=O) groups excluding carboxylic acids is 1. The first-order chi connectivity index (χ1) is 18.6. The molecule has 0 saturated carbocycles. The van der Waals surface area contributed by atoms with Crippen LogP contribution >= 0.6 is 0 Å². The topological polar surface area (TPSA) is 96.7 Å². The first kappa shape index (κ1) is 23.9. The lowest BCUT2D eigenvalue weighted by molar-refractivity contribution is 0.0505. The molecule has 0 bridgehead atoms.